The highest BCUT2D eigenvalue weighted by Gasteiger charge is 2.22. The number of ether oxygens (including phenoxy) is 1. The zero-order valence-electron chi connectivity index (χ0n) is 8.71. The van der Waals surface area contributed by atoms with E-state index in [1.807, 2.05) is 13.8 Å². The molecule has 0 spiro atoms. The molecule has 0 radical (unpaired) electrons. The summed E-state index contributed by atoms with van der Waals surface area (Å²) in [5.74, 6) is 0.990. The van der Waals surface area contributed by atoms with E-state index in [-0.39, 0.29) is 12.0 Å². The van der Waals surface area contributed by atoms with Gasteiger partial charge in [-0.2, -0.15) is 0 Å². The van der Waals surface area contributed by atoms with Crippen LogP contribution >= 0.6 is 0 Å². The molecule has 0 aromatic heterocycles. The van der Waals surface area contributed by atoms with E-state index in [0.717, 1.165) is 24.3 Å². The smallest absolute Gasteiger partial charge is 0.122 e. The minimum Gasteiger partial charge on any atom is -0.493 e. The first-order valence-electron chi connectivity index (χ1n) is 5.00. The van der Waals surface area contributed by atoms with Crippen molar-refractivity contribution >= 4 is 0 Å². The van der Waals surface area contributed by atoms with Crippen molar-refractivity contribution in [3.05, 3.63) is 29.3 Å². The number of aliphatic hydroxyl groups excluding tert-OH is 1. The Morgan fingerprint density at radius 2 is 2.21 bits per heavy atom. The lowest BCUT2D eigenvalue weighted by molar-refractivity contribution is 0.218. The molecule has 0 aliphatic carbocycles. The van der Waals surface area contributed by atoms with Gasteiger partial charge in [-0.15, -0.1) is 0 Å². The van der Waals surface area contributed by atoms with E-state index >= 15 is 0 Å². The van der Waals surface area contributed by atoms with Crippen LogP contribution in [0.4, 0.5) is 0 Å². The zero-order valence-corrected chi connectivity index (χ0v) is 8.71. The van der Waals surface area contributed by atoms with Gasteiger partial charge in [0, 0.05) is 11.8 Å². The summed E-state index contributed by atoms with van der Waals surface area (Å²) in [7, 11) is 0. The first-order valence-corrected chi connectivity index (χ1v) is 5.00. The van der Waals surface area contributed by atoms with E-state index in [2.05, 4.69) is 18.2 Å². The van der Waals surface area contributed by atoms with Crippen molar-refractivity contribution in [1.82, 2.24) is 0 Å². The van der Waals surface area contributed by atoms with E-state index in [1.54, 1.807) is 0 Å². The van der Waals surface area contributed by atoms with Gasteiger partial charge in [0.25, 0.3) is 0 Å². The fraction of sp³-hybridized carbons (Fsp3) is 0.500. The van der Waals surface area contributed by atoms with Crippen LogP contribution in [0, 0.1) is 0 Å². The Kier molecular flexibility index (Phi) is 2.23. The topological polar surface area (TPSA) is 29.5 Å². The van der Waals surface area contributed by atoms with Crippen molar-refractivity contribution in [2.24, 2.45) is 0 Å². The van der Waals surface area contributed by atoms with E-state index in [1.165, 1.54) is 5.56 Å². The number of hydrogen-bond donors (Lipinski definition) is 1. The molecule has 1 aromatic rings. The summed E-state index contributed by atoms with van der Waals surface area (Å²) < 4.78 is 5.50. The third kappa shape index (κ3) is 1.50. The van der Waals surface area contributed by atoms with Gasteiger partial charge in [-0.1, -0.05) is 26.0 Å². The SMILES string of the molecule is CC(C)(CO)c1ccc2c(c1)OCC2. The summed E-state index contributed by atoms with van der Waals surface area (Å²) in [6, 6.07) is 6.25. The van der Waals surface area contributed by atoms with Gasteiger partial charge in [0.2, 0.25) is 0 Å². The van der Waals surface area contributed by atoms with Crippen LogP contribution in [0.25, 0.3) is 0 Å². The fourth-order valence-electron chi connectivity index (χ4n) is 1.68. The highest BCUT2D eigenvalue weighted by Crippen LogP contribution is 2.31. The molecule has 0 saturated heterocycles. The Balaban J connectivity index is 2.38. The summed E-state index contributed by atoms with van der Waals surface area (Å²) in [5.41, 5.74) is 2.24. The van der Waals surface area contributed by atoms with Gasteiger partial charge in [0.05, 0.1) is 13.2 Å². The maximum absolute atomic E-state index is 9.26. The molecule has 2 heteroatoms. The molecule has 0 saturated carbocycles. The summed E-state index contributed by atoms with van der Waals surface area (Å²) in [4.78, 5) is 0. The van der Waals surface area contributed by atoms with Crippen LogP contribution in [0.2, 0.25) is 0 Å². The summed E-state index contributed by atoms with van der Waals surface area (Å²) in [6.07, 6.45) is 1.01. The highest BCUT2D eigenvalue weighted by atomic mass is 16.5. The summed E-state index contributed by atoms with van der Waals surface area (Å²) in [5, 5.41) is 9.26. The molecule has 1 aromatic carbocycles. The van der Waals surface area contributed by atoms with E-state index < -0.39 is 0 Å². The number of rotatable bonds is 2. The predicted molar refractivity (Wildman–Crippen MR) is 55.8 cm³/mol. The molecule has 1 aliphatic rings. The van der Waals surface area contributed by atoms with Crippen molar-refractivity contribution in [2.45, 2.75) is 25.7 Å². The molecule has 2 rings (SSSR count). The third-order valence-corrected chi connectivity index (χ3v) is 2.87. The third-order valence-electron chi connectivity index (χ3n) is 2.87. The molecular weight excluding hydrogens is 176 g/mol. The number of hydrogen-bond acceptors (Lipinski definition) is 2. The van der Waals surface area contributed by atoms with E-state index in [4.69, 9.17) is 4.74 Å². The molecule has 2 nitrogen and oxygen atoms in total. The maximum atomic E-state index is 9.26. The van der Waals surface area contributed by atoms with Crippen LogP contribution in [0.1, 0.15) is 25.0 Å². The van der Waals surface area contributed by atoms with Crippen molar-refractivity contribution in [2.75, 3.05) is 13.2 Å². The minimum absolute atomic E-state index is 0.159. The molecule has 0 amide bonds. The average Bonchev–Trinajstić information content (AvgIpc) is 2.64. The number of fused-ring (bicyclic) bond motifs is 1. The lowest BCUT2D eigenvalue weighted by Gasteiger charge is -2.22. The zero-order chi connectivity index (χ0) is 10.2. The van der Waals surface area contributed by atoms with Gasteiger partial charge in [0.15, 0.2) is 0 Å². The first kappa shape index (κ1) is 9.53. The second-order valence-electron chi connectivity index (χ2n) is 4.46. The summed E-state index contributed by atoms with van der Waals surface area (Å²) >= 11 is 0. The Bertz CT molecular complexity index is 342. The van der Waals surface area contributed by atoms with Crippen molar-refractivity contribution in [3.63, 3.8) is 0 Å². The Morgan fingerprint density at radius 3 is 2.93 bits per heavy atom. The molecular formula is C12H16O2. The van der Waals surface area contributed by atoms with Crippen LogP contribution in [0.3, 0.4) is 0 Å². The lowest BCUT2D eigenvalue weighted by atomic mass is 9.85. The Morgan fingerprint density at radius 1 is 1.43 bits per heavy atom. The predicted octanol–water partition coefficient (Wildman–Crippen LogP) is 1.89. The van der Waals surface area contributed by atoms with Crippen molar-refractivity contribution < 1.29 is 9.84 Å². The van der Waals surface area contributed by atoms with Gasteiger partial charge < -0.3 is 9.84 Å². The van der Waals surface area contributed by atoms with Crippen LogP contribution in [0.15, 0.2) is 18.2 Å². The number of benzene rings is 1. The van der Waals surface area contributed by atoms with Crippen molar-refractivity contribution in [3.8, 4) is 5.75 Å². The molecule has 76 valence electrons. The quantitative estimate of drug-likeness (QED) is 0.775. The minimum atomic E-state index is -0.180. The van der Waals surface area contributed by atoms with Gasteiger partial charge in [-0.3, -0.25) is 0 Å². The first-order chi connectivity index (χ1) is 6.63. The highest BCUT2D eigenvalue weighted by molar-refractivity contribution is 5.42. The fourth-order valence-corrected chi connectivity index (χ4v) is 1.68. The largest absolute Gasteiger partial charge is 0.493 e. The van der Waals surface area contributed by atoms with Crippen LogP contribution in [-0.2, 0) is 11.8 Å². The van der Waals surface area contributed by atoms with Gasteiger partial charge in [0.1, 0.15) is 5.75 Å². The van der Waals surface area contributed by atoms with Crippen LogP contribution < -0.4 is 4.74 Å². The molecule has 1 N–H and O–H groups in total. The molecule has 0 atom stereocenters. The molecule has 1 aliphatic heterocycles. The van der Waals surface area contributed by atoms with Crippen LogP contribution in [-0.4, -0.2) is 18.3 Å². The monoisotopic (exact) mass is 192 g/mol. The van der Waals surface area contributed by atoms with E-state index in [9.17, 15) is 5.11 Å². The second kappa shape index (κ2) is 3.28. The van der Waals surface area contributed by atoms with Crippen molar-refractivity contribution in [1.29, 1.82) is 0 Å². The normalized spacial score (nSPS) is 15.1. The molecule has 1 heterocycles. The van der Waals surface area contributed by atoms with E-state index in [0.29, 0.717) is 0 Å². The number of aliphatic hydroxyl groups is 1. The van der Waals surface area contributed by atoms with Gasteiger partial charge in [-0.25, -0.2) is 0 Å². The standard InChI is InChI=1S/C12H16O2/c1-12(2,8-13)10-4-3-9-5-6-14-11(9)7-10/h3-4,7,13H,5-6,8H2,1-2H3. The maximum Gasteiger partial charge on any atom is 0.122 e. The lowest BCUT2D eigenvalue weighted by Crippen LogP contribution is -2.21. The molecule has 0 bridgehead atoms. The molecule has 0 fully saturated rings. The van der Waals surface area contributed by atoms with Gasteiger partial charge >= 0.3 is 0 Å². The van der Waals surface area contributed by atoms with Crippen LogP contribution in [0.5, 0.6) is 5.75 Å². The summed E-state index contributed by atoms with van der Waals surface area (Å²) in [6.45, 7) is 5.01. The van der Waals surface area contributed by atoms with Gasteiger partial charge in [-0.05, 0) is 17.2 Å². The Hall–Kier alpha value is -1.02. The Labute approximate surface area is 84.5 Å². The second-order valence-corrected chi connectivity index (χ2v) is 4.46. The average molecular weight is 192 g/mol. The molecule has 0 unspecified atom stereocenters. The molecule has 14 heavy (non-hydrogen) atoms.